The van der Waals surface area contributed by atoms with Gasteiger partial charge in [-0.25, -0.2) is 4.39 Å². The van der Waals surface area contributed by atoms with Gasteiger partial charge in [0, 0.05) is 23.6 Å². The predicted octanol–water partition coefficient (Wildman–Crippen LogP) is 3.82. The van der Waals surface area contributed by atoms with Gasteiger partial charge in [-0.2, -0.15) is 0 Å². The van der Waals surface area contributed by atoms with Crippen LogP contribution in [0.4, 0.5) is 15.8 Å². The molecule has 0 atom stereocenters. The number of ether oxygens (including phenoxy) is 1. The van der Waals surface area contributed by atoms with Crippen LogP contribution in [0.25, 0.3) is 0 Å². The van der Waals surface area contributed by atoms with Crippen molar-refractivity contribution in [2.45, 2.75) is 6.54 Å². The van der Waals surface area contributed by atoms with Crippen molar-refractivity contribution < 1.29 is 9.13 Å². The quantitative estimate of drug-likeness (QED) is 0.861. The Morgan fingerprint density at radius 3 is 2.65 bits per heavy atom. The van der Waals surface area contributed by atoms with Gasteiger partial charge in [-0.3, -0.25) is 0 Å². The minimum Gasteiger partial charge on any atom is -0.496 e. The molecule has 0 aliphatic heterocycles. The first-order valence-electron chi connectivity index (χ1n) is 6.10. The molecule has 0 aromatic heterocycles. The molecule has 2 rings (SSSR count). The predicted molar refractivity (Wildman–Crippen MR) is 83.6 cm³/mol. The topological polar surface area (TPSA) is 38.5 Å². The van der Waals surface area contributed by atoms with Crippen molar-refractivity contribution in [3.63, 3.8) is 0 Å². The van der Waals surface area contributed by atoms with E-state index >= 15 is 0 Å². The molecule has 0 heterocycles. The van der Waals surface area contributed by atoms with Crippen LogP contribution in [0.15, 0.2) is 40.9 Å². The molecular weight excluding hydrogens is 323 g/mol. The summed E-state index contributed by atoms with van der Waals surface area (Å²) in [6, 6.07) is 10.2. The van der Waals surface area contributed by atoms with Crippen molar-refractivity contribution >= 4 is 27.3 Å². The SMILES string of the molecule is COc1ccc(Br)cc1CN(C)c1ccc(F)cc1N. The molecule has 2 aromatic rings. The maximum Gasteiger partial charge on any atom is 0.125 e. The number of nitrogens with zero attached hydrogens (tertiary/aromatic N) is 1. The van der Waals surface area contributed by atoms with E-state index < -0.39 is 0 Å². The second-order valence-electron chi connectivity index (χ2n) is 4.52. The third-order valence-corrected chi connectivity index (χ3v) is 3.54. The van der Waals surface area contributed by atoms with Gasteiger partial charge in [0.05, 0.1) is 18.5 Å². The maximum absolute atomic E-state index is 13.1. The van der Waals surface area contributed by atoms with Gasteiger partial charge < -0.3 is 15.4 Å². The first-order chi connectivity index (χ1) is 9.51. The highest BCUT2D eigenvalue weighted by Crippen LogP contribution is 2.28. The molecule has 0 aliphatic rings. The van der Waals surface area contributed by atoms with Crippen LogP contribution >= 0.6 is 15.9 Å². The van der Waals surface area contributed by atoms with E-state index in [1.165, 1.54) is 12.1 Å². The molecule has 5 heteroatoms. The summed E-state index contributed by atoms with van der Waals surface area (Å²) in [5.74, 6) is 0.473. The largest absolute Gasteiger partial charge is 0.496 e. The summed E-state index contributed by atoms with van der Waals surface area (Å²) in [5.41, 5.74) is 8.08. The fourth-order valence-electron chi connectivity index (χ4n) is 2.08. The third-order valence-electron chi connectivity index (χ3n) is 3.05. The highest BCUT2D eigenvalue weighted by molar-refractivity contribution is 9.10. The van der Waals surface area contributed by atoms with Crippen LogP contribution in [0.3, 0.4) is 0 Å². The summed E-state index contributed by atoms with van der Waals surface area (Å²) in [6.45, 7) is 0.610. The van der Waals surface area contributed by atoms with Crippen LogP contribution in [0.2, 0.25) is 0 Å². The number of anilines is 2. The minimum atomic E-state index is -0.334. The Hall–Kier alpha value is -1.75. The number of halogens is 2. The highest BCUT2D eigenvalue weighted by Gasteiger charge is 2.10. The van der Waals surface area contributed by atoms with Crippen LogP contribution in [0.1, 0.15) is 5.56 Å². The van der Waals surface area contributed by atoms with Crippen LogP contribution in [-0.4, -0.2) is 14.2 Å². The smallest absolute Gasteiger partial charge is 0.125 e. The molecular formula is C15H16BrFN2O. The summed E-state index contributed by atoms with van der Waals surface area (Å²) in [5, 5.41) is 0. The van der Waals surface area contributed by atoms with E-state index in [-0.39, 0.29) is 5.82 Å². The molecule has 0 aliphatic carbocycles. The first-order valence-corrected chi connectivity index (χ1v) is 6.89. The lowest BCUT2D eigenvalue weighted by Gasteiger charge is -2.22. The fraction of sp³-hybridized carbons (Fsp3) is 0.200. The first kappa shape index (κ1) is 14.7. The molecule has 2 N–H and O–H groups in total. The molecule has 0 unspecified atom stereocenters. The molecule has 0 amide bonds. The third kappa shape index (κ3) is 3.22. The van der Waals surface area contributed by atoms with E-state index in [4.69, 9.17) is 10.5 Å². The Labute approximate surface area is 126 Å². The zero-order chi connectivity index (χ0) is 14.7. The van der Waals surface area contributed by atoms with Crippen molar-refractivity contribution in [2.75, 3.05) is 24.8 Å². The summed E-state index contributed by atoms with van der Waals surface area (Å²) >= 11 is 3.45. The van der Waals surface area contributed by atoms with Crippen molar-refractivity contribution in [2.24, 2.45) is 0 Å². The zero-order valence-electron chi connectivity index (χ0n) is 11.4. The Balaban J connectivity index is 2.27. The number of methoxy groups -OCH3 is 1. The van der Waals surface area contributed by atoms with Crippen LogP contribution in [0, 0.1) is 5.82 Å². The Bertz CT molecular complexity index is 619. The van der Waals surface area contributed by atoms with E-state index in [2.05, 4.69) is 15.9 Å². The van der Waals surface area contributed by atoms with Crippen LogP contribution < -0.4 is 15.4 Å². The Morgan fingerprint density at radius 2 is 2.00 bits per heavy atom. The average Bonchev–Trinajstić information content (AvgIpc) is 2.38. The summed E-state index contributed by atoms with van der Waals surface area (Å²) in [7, 11) is 3.54. The monoisotopic (exact) mass is 338 g/mol. The number of nitrogens with two attached hydrogens (primary N) is 1. The van der Waals surface area contributed by atoms with Gasteiger partial charge in [-0.05, 0) is 36.4 Å². The van der Waals surface area contributed by atoms with Gasteiger partial charge in [0.1, 0.15) is 11.6 Å². The number of rotatable bonds is 4. The number of benzene rings is 2. The minimum absolute atomic E-state index is 0.334. The van der Waals surface area contributed by atoms with Crippen molar-refractivity contribution in [1.82, 2.24) is 0 Å². The molecule has 20 heavy (non-hydrogen) atoms. The van der Waals surface area contributed by atoms with Gasteiger partial charge >= 0.3 is 0 Å². The molecule has 106 valence electrons. The molecule has 3 nitrogen and oxygen atoms in total. The Kier molecular flexibility index (Phi) is 4.49. The van der Waals surface area contributed by atoms with Gasteiger partial charge in [-0.1, -0.05) is 15.9 Å². The van der Waals surface area contributed by atoms with Crippen LogP contribution in [0.5, 0.6) is 5.75 Å². The Morgan fingerprint density at radius 1 is 1.25 bits per heavy atom. The molecule has 2 aromatic carbocycles. The van der Waals surface area contributed by atoms with Gasteiger partial charge in [0.25, 0.3) is 0 Å². The summed E-state index contributed by atoms with van der Waals surface area (Å²) < 4.78 is 19.4. The van der Waals surface area contributed by atoms with Gasteiger partial charge in [0.15, 0.2) is 0 Å². The fourth-order valence-corrected chi connectivity index (χ4v) is 2.49. The number of hydrogen-bond donors (Lipinski definition) is 1. The van der Waals surface area contributed by atoms with E-state index in [0.29, 0.717) is 12.2 Å². The lowest BCUT2D eigenvalue weighted by Crippen LogP contribution is -2.18. The molecule has 0 spiro atoms. The maximum atomic E-state index is 13.1. The lowest BCUT2D eigenvalue weighted by molar-refractivity contribution is 0.409. The van der Waals surface area contributed by atoms with E-state index in [1.54, 1.807) is 13.2 Å². The molecule has 0 bridgehead atoms. The van der Waals surface area contributed by atoms with E-state index in [9.17, 15) is 4.39 Å². The van der Waals surface area contributed by atoms with Crippen molar-refractivity contribution in [3.8, 4) is 5.75 Å². The molecule has 0 saturated carbocycles. The summed E-state index contributed by atoms with van der Waals surface area (Å²) in [6.07, 6.45) is 0. The highest BCUT2D eigenvalue weighted by atomic mass is 79.9. The molecule has 0 saturated heterocycles. The van der Waals surface area contributed by atoms with E-state index in [1.807, 2.05) is 30.1 Å². The second kappa shape index (κ2) is 6.13. The van der Waals surface area contributed by atoms with Crippen molar-refractivity contribution in [3.05, 3.63) is 52.3 Å². The normalized spacial score (nSPS) is 10.4. The molecule has 0 radical (unpaired) electrons. The lowest BCUT2D eigenvalue weighted by atomic mass is 10.1. The van der Waals surface area contributed by atoms with E-state index in [0.717, 1.165) is 21.5 Å². The van der Waals surface area contributed by atoms with Gasteiger partial charge in [0.2, 0.25) is 0 Å². The summed E-state index contributed by atoms with van der Waals surface area (Å²) in [4.78, 5) is 1.96. The van der Waals surface area contributed by atoms with Crippen LogP contribution in [-0.2, 0) is 6.54 Å². The second-order valence-corrected chi connectivity index (χ2v) is 5.43. The number of nitrogen functional groups attached to an aromatic ring is 1. The molecule has 0 fully saturated rings. The van der Waals surface area contributed by atoms with Crippen molar-refractivity contribution in [1.29, 1.82) is 0 Å². The average molecular weight is 339 g/mol. The standard InChI is InChI=1S/C15H16BrFN2O/c1-19(14-5-4-12(17)8-13(14)18)9-10-7-11(16)3-6-15(10)20-2/h3-8H,9,18H2,1-2H3. The zero-order valence-corrected chi connectivity index (χ0v) is 12.9. The number of hydrogen-bond acceptors (Lipinski definition) is 3. The van der Waals surface area contributed by atoms with Gasteiger partial charge in [-0.15, -0.1) is 0 Å².